The molecule has 1 rings (SSSR count). The van der Waals surface area contributed by atoms with E-state index in [-0.39, 0.29) is 6.54 Å². The van der Waals surface area contributed by atoms with E-state index < -0.39 is 35.2 Å². The minimum absolute atomic E-state index is 0.290. The Morgan fingerprint density at radius 2 is 1.89 bits per heavy atom. The molecule has 0 fully saturated rings. The van der Waals surface area contributed by atoms with E-state index in [1.165, 1.54) is 24.9 Å². The van der Waals surface area contributed by atoms with Crippen molar-refractivity contribution in [3.05, 3.63) is 29.8 Å². The lowest BCUT2D eigenvalue weighted by molar-refractivity contribution is -0.142. The number of para-hydroxylation sites is 1. The number of aliphatic carboxylic acids is 1. The van der Waals surface area contributed by atoms with Gasteiger partial charge in [0.25, 0.3) is 0 Å². The molecule has 0 heterocycles. The van der Waals surface area contributed by atoms with Gasteiger partial charge in [-0.25, -0.2) is 8.78 Å². The number of nitrogens with one attached hydrogen (secondary N) is 1. The zero-order chi connectivity index (χ0) is 14.6. The Morgan fingerprint density at radius 3 is 2.37 bits per heavy atom. The Morgan fingerprint density at radius 1 is 1.37 bits per heavy atom. The van der Waals surface area contributed by atoms with Crippen molar-refractivity contribution >= 4 is 17.6 Å². The molecule has 104 valence electrons. The van der Waals surface area contributed by atoms with Crippen LogP contribution in [-0.4, -0.2) is 41.5 Å². The monoisotopic (exact) mass is 272 g/mol. The van der Waals surface area contributed by atoms with Gasteiger partial charge < -0.3 is 10.4 Å². The van der Waals surface area contributed by atoms with E-state index in [2.05, 4.69) is 5.32 Å². The number of nitrogens with zero attached hydrogens (tertiary/aromatic N) is 1. The lowest BCUT2D eigenvalue weighted by atomic mass is 10.2. The Kier molecular flexibility index (Phi) is 4.94. The minimum Gasteiger partial charge on any atom is -0.480 e. The van der Waals surface area contributed by atoms with Crippen LogP contribution in [0.25, 0.3) is 0 Å². The van der Waals surface area contributed by atoms with Gasteiger partial charge in [0.2, 0.25) is 5.91 Å². The third kappa shape index (κ3) is 3.99. The second-order valence-electron chi connectivity index (χ2n) is 4.07. The number of rotatable bonds is 5. The van der Waals surface area contributed by atoms with Gasteiger partial charge in [0, 0.05) is 0 Å². The molecular formula is C12H14F2N2O3. The van der Waals surface area contributed by atoms with Crippen molar-refractivity contribution in [1.82, 2.24) is 4.90 Å². The van der Waals surface area contributed by atoms with Crippen LogP contribution in [-0.2, 0) is 9.59 Å². The number of hydrogen-bond donors (Lipinski definition) is 2. The number of carbonyl (C=O) groups is 2. The van der Waals surface area contributed by atoms with Gasteiger partial charge >= 0.3 is 5.97 Å². The first-order chi connectivity index (χ1) is 8.82. The van der Waals surface area contributed by atoms with Crippen molar-refractivity contribution < 1.29 is 23.5 Å². The molecule has 0 saturated heterocycles. The van der Waals surface area contributed by atoms with E-state index in [1.807, 2.05) is 0 Å². The molecule has 0 aliphatic carbocycles. The molecule has 1 aromatic rings. The molecule has 0 aliphatic rings. The lowest BCUT2D eigenvalue weighted by Gasteiger charge is -2.20. The maximum Gasteiger partial charge on any atom is 0.320 e. The molecule has 0 aromatic heterocycles. The number of likely N-dealkylation sites (N-methyl/N-ethyl adjacent to an activating group) is 1. The van der Waals surface area contributed by atoms with Crippen LogP contribution in [0.15, 0.2) is 18.2 Å². The van der Waals surface area contributed by atoms with Gasteiger partial charge in [0.15, 0.2) is 0 Å². The van der Waals surface area contributed by atoms with Gasteiger partial charge in [0.05, 0.1) is 6.54 Å². The number of halogens is 2. The number of carboxylic acid groups (broad SMARTS) is 1. The van der Waals surface area contributed by atoms with Crippen LogP contribution < -0.4 is 5.32 Å². The summed E-state index contributed by atoms with van der Waals surface area (Å²) in [4.78, 5) is 23.5. The standard InChI is InChI=1S/C12H14F2N2O3/c1-7(12(18)19)16(2)6-10(17)15-11-8(13)4-3-5-9(11)14/h3-5,7H,6H2,1-2H3,(H,15,17)(H,18,19). The molecule has 0 aliphatic heterocycles. The summed E-state index contributed by atoms with van der Waals surface area (Å²) in [6.45, 7) is 1.11. The molecule has 0 saturated carbocycles. The third-order valence-corrected chi connectivity index (χ3v) is 2.64. The van der Waals surface area contributed by atoms with Crippen molar-refractivity contribution in [2.75, 3.05) is 18.9 Å². The molecule has 1 aromatic carbocycles. The molecule has 2 N–H and O–H groups in total. The number of carboxylic acids is 1. The summed E-state index contributed by atoms with van der Waals surface area (Å²) in [6, 6.07) is 2.33. The average molecular weight is 272 g/mol. The van der Waals surface area contributed by atoms with E-state index in [4.69, 9.17) is 5.11 Å². The number of anilines is 1. The molecular weight excluding hydrogens is 258 g/mol. The van der Waals surface area contributed by atoms with Crippen LogP contribution >= 0.6 is 0 Å². The van der Waals surface area contributed by atoms with Crippen LogP contribution in [0, 0.1) is 11.6 Å². The summed E-state index contributed by atoms with van der Waals surface area (Å²) in [7, 11) is 1.43. The van der Waals surface area contributed by atoms with E-state index in [9.17, 15) is 18.4 Å². The molecule has 19 heavy (non-hydrogen) atoms. The van der Waals surface area contributed by atoms with Crippen LogP contribution in [0.1, 0.15) is 6.92 Å². The number of hydrogen-bond acceptors (Lipinski definition) is 3. The lowest BCUT2D eigenvalue weighted by Crippen LogP contribution is -2.40. The van der Waals surface area contributed by atoms with Crippen molar-refractivity contribution in [2.45, 2.75) is 13.0 Å². The first-order valence-corrected chi connectivity index (χ1v) is 5.50. The van der Waals surface area contributed by atoms with Crippen LogP contribution in [0.2, 0.25) is 0 Å². The predicted octanol–water partition coefficient (Wildman–Crippen LogP) is 1.31. The highest BCUT2D eigenvalue weighted by Gasteiger charge is 2.20. The van der Waals surface area contributed by atoms with Crippen molar-refractivity contribution in [3.63, 3.8) is 0 Å². The van der Waals surface area contributed by atoms with E-state index in [0.29, 0.717) is 0 Å². The fourth-order valence-electron chi connectivity index (χ4n) is 1.35. The highest BCUT2D eigenvalue weighted by Crippen LogP contribution is 2.17. The van der Waals surface area contributed by atoms with Crippen molar-refractivity contribution in [1.29, 1.82) is 0 Å². The van der Waals surface area contributed by atoms with Gasteiger partial charge in [-0.2, -0.15) is 0 Å². The van der Waals surface area contributed by atoms with Gasteiger partial charge in [-0.15, -0.1) is 0 Å². The molecule has 7 heteroatoms. The van der Waals surface area contributed by atoms with Crippen LogP contribution in [0.5, 0.6) is 0 Å². The Bertz CT molecular complexity index is 474. The van der Waals surface area contributed by atoms with E-state index in [1.54, 1.807) is 0 Å². The fraction of sp³-hybridized carbons (Fsp3) is 0.333. The average Bonchev–Trinajstić information content (AvgIpc) is 2.32. The van der Waals surface area contributed by atoms with Gasteiger partial charge in [-0.05, 0) is 26.1 Å². The fourth-order valence-corrected chi connectivity index (χ4v) is 1.35. The maximum absolute atomic E-state index is 13.3. The second-order valence-corrected chi connectivity index (χ2v) is 4.07. The van der Waals surface area contributed by atoms with Crippen LogP contribution in [0.3, 0.4) is 0 Å². The van der Waals surface area contributed by atoms with Crippen molar-refractivity contribution in [2.24, 2.45) is 0 Å². The molecule has 1 atom stereocenters. The predicted molar refractivity (Wildman–Crippen MR) is 64.7 cm³/mol. The molecule has 5 nitrogen and oxygen atoms in total. The van der Waals surface area contributed by atoms with Crippen LogP contribution in [0.4, 0.5) is 14.5 Å². The zero-order valence-corrected chi connectivity index (χ0v) is 10.5. The second kappa shape index (κ2) is 6.24. The maximum atomic E-state index is 13.3. The van der Waals surface area contributed by atoms with E-state index in [0.717, 1.165) is 12.1 Å². The molecule has 1 amide bonds. The normalized spacial score (nSPS) is 12.3. The van der Waals surface area contributed by atoms with Gasteiger partial charge in [-0.1, -0.05) is 6.07 Å². The number of benzene rings is 1. The minimum atomic E-state index is -1.09. The van der Waals surface area contributed by atoms with E-state index >= 15 is 0 Å². The quantitative estimate of drug-likeness (QED) is 0.848. The summed E-state index contributed by atoms with van der Waals surface area (Å²) in [5.41, 5.74) is -0.538. The summed E-state index contributed by atoms with van der Waals surface area (Å²) < 4.78 is 26.5. The highest BCUT2D eigenvalue weighted by atomic mass is 19.1. The summed E-state index contributed by atoms with van der Waals surface area (Å²) >= 11 is 0. The first-order valence-electron chi connectivity index (χ1n) is 5.50. The SMILES string of the molecule is CC(C(=O)O)N(C)CC(=O)Nc1c(F)cccc1F. The Labute approximate surface area is 108 Å². The highest BCUT2D eigenvalue weighted by molar-refractivity contribution is 5.92. The topological polar surface area (TPSA) is 69.6 Å². The molecule has 0 bridgehead atoms. The molecule has 0 radical (unpaired) electrons. The van der Waals surface area contributed by atoms with Gasteiger partial charge in [-0.3, -0.25) is 14.5 Å². The Balaban J connectivity index is 2.68. The summed E-state index contributed by atoms with van der Waals surface area (Å²) in [5.74, 6) is -3.56. The zero-order valence-electron chi connectivity index (χ0n) is 10.5. The summed E-state index contributed by atoms with van der Waals surface area (Å²) in [6.07, 6.45) is 0. The first kappa shape index (κ1) is 15.0. The van der Waals surface area contributed by atoms with Crippen molar-refractivity contribution in [3.8, 4) is 0 Å². The smallest absolute Gasteiger partial charge is 0.320 e. The Hall–Kier alpha value is -2.02. The summed E-state index contributed by atoms with van der Waals surface area (Å²) in [5, 5.41) is 10.8. The third-order valence-electron chi connectivity index (χ3n) is 2.64. The van der Waals surface area contributed by atoms with Gasteiger partial charge in [0.1, 0.15) is 23.4 Å². The molecule has 0 spiro atoms. The number of carbonyl (C=O) groups excluding carboxylic acids is 1. The molecule has 1 unspecified atom stereocenters. The largest absolute Gasteiger partial charge is 0.480 e. The number of amides is 1.